The fraction of sp³-hybridized carbons (Fsp3) is 0.667. The van der Waals surface area contributed by atoms with Crippen LogP contribution in [0.25, 0.3) is 0 Å². The number of amides is 2. The van der Waals surface area contributed by atoms with Crippen molar-refractivity contribution in [3.8, 4) is 0 Å². The van der Waals surface area contributed by atoms with Crippen molar-refractivity contribution in [2.24, 2.45) is 5.73 Å². The molecule has 0 aromatic heterocycles. The maximum Gasteiger partial charge on any atom is 0.394 e. The van der Waals surface area contributed by atoms with Crippen LogP contribution in [-0.4, -0.2) is 40.4 Å². The van der Waals surface area contributed by atoms with E-state index >= 15 is 0 Å². The molecule has 3 N–H and O–H groups in total. The van der Waals surface area contributed by atoms with E-state index in [1.807, 2.05) is 0 Å². The lowest BCUT2D eigenvalue weighted by Crippen LogP contribution is -2.47. The number of nitrogens with two attached hydrogens (primary N) is 1. The molecule has 15 heavy (non-hydrogen) atoms. The molecule has 0 radical (unpaired) electrons. The van der Waals surface area contributed by atoms with E-state index in [1.165, 1.54) is 0 Å². The summed E-state index contributed by atoms with van der Waals surface area (Å²) in [5.74, 6) is -3.26. The summed E-state index contributed by atoms with van der Waals surface area (Å²) >= 11 is 0. The molecule has 0 saturated heterocycles. The molecule has 1 aliphatic carbocycles. The van der Waals surface area contributed by atoms with E-state index in [0.29, 0.717) is 0 Å². The number of aliphatic carboxylic acids is 1. The fourth-order valence-corrected chi connectivity index (χ4v) is 1.87. The highest BCUT2D eigenvalue weighted by atomic mass is 16.4. The van der Waals surface area contributed by atoms with E-state index in [-0.39, 0.29) is 12.6 Å². The summed E-state index contributed by atoms with van der Waals surface area (Å²) in [5.41, 5.74) is 4.97. The van der Waals surface area contributed by atoms with Crippen molar-refractivity contribution in [1.82, 2.24) is 4.90 Å². The molecule has 84 valence electrons. The van der Waals surface area contributed by atoms with Gasteiger partial charge >= 0.3 is 11.9 Å². The lowest BCUT2D eigenvalue weighted by molar-refractivity contribution is -0.157. The number of primary amides is 1. The molecule has 0 aromatic rings. The van der Waals surface area contributed by atoms with Gasteiger partial charge in [-0.05, 0) is 12.8 Å². The van der Waals surface area contributed by atoms with E-state index in [9.17, 15) is 14.4 Å². The first-order chi connectivity index (χ1) is 7.02. The monoisotopic (exact) mass is 214 g/mol. The first-order valence-electron chi connectivity index (χ1n) is 4.84. The van der Waals surface area contributed by atoms with E-state index in [2.05, 4.69) is 0 Å². The van der Waals surface area contributed by atoms with Gasteiger partial charge in [0.25, 0.3) is 0 Å². The molecular weight excluding hydrogens is 200 g/mol. The summed E-state index contributed by atoms with van der Waals surface area (Å²) in [5, 5.41) is 8.58. The summed E-state index contributed by atoms with van der Waals surface area (Å²) in [6, 6.07) is -0.152. The minimum absolute atomic E-state index is 0.152. The summed E-state index contributed by atoms with van der Waals surface area (Å²) in [4.78, 5) is 33.6. The Morgan fingerprint density at radius 2 is 1.80 bits per heavy atom. The van der Waals surface area contributed by atoms with Gasteiger partial charge in [-0.1, -0.05) is 12.8 Å². The van der Waals surface area contributed by atoms with Crippen molar-refractivity contribution in [3.63, 3.8) is 0 Å². The van der Waals surface area contributed by atoms with Gasteiger partial charge in [0.15, 0.2) is 0 Å². The highest BCUT2D eigenvalue weighted by Crippen LogP contribution is 2.23. The smallest absolute Gasteiger partial charge is 0.394 e. The lowest BCUT2D eigenvalue weighted by Gasteiger charge is -2.25. The number of hydrogen-bond acceptors (Lipinski definition) is 3. The average molecular weight is 214 g/mol. The van der Waals surface area contributed by atoms with Gasteiger partial charge in [0.05, 0.1) is 0 Å². The van der Waals surface area contributed by atoms with E-state index < -0.39 is 17.8 Å². The SMILES string of the molecule is NC(=O)CN(C(=O)C(=O)O)C1CCCC1. The molecule has 0 heterocycles. The van der Waals surface area contributed by atoms with E-state index in [4.69, 9.17) is 10.8 Å². The van der Waals surface area contributed by atoms with Crippen molar-refractivity contribution in [3.05, 3.63) is 0 Å². The Morgan fingerprint density at radius 1 is 1.27 bits per heavy atom. The molecule has 0 unspecified atom stereocenters. The zero-order chi connectivity index (χ0) is 11.4. The van der Waals surface area contributed by atoms with Gasteiger partial charge in [0.1, 0.15) is 6.54 Å². The second-order valence-corrected chi connectivity index (χ2v) is 3.64. The first-order valence-corrected chi connectivity index (χ1v) is 4.84. The summed E-state index contributed by atoms with van der Waals surface area (Å²) in [6.07, 6.45) is 3.39. The van der Waals surface area contributed by atoms with E-state index in [1.54, 1.807) is 0 Å². The van der Waals surface area contributed by atoms with Crippen LogP contribution in [0.2, 0.25) is 0 Å². The minimum Gasteiger partial charge on any atom is -0.474 e. The van der Waals surface area contributed by atoms with Crippen molar-refractivity contribution in [2.75, 3.05) is 6.54 Å². The molecular formula is C9H14N2O4. The number of carboxylic acid groups (broad SMARTS) is 1. The molecule has 6 heteroatoms. The summed E-state index contributed by atoms with van der Waals surface area (Å²) in [6.45, 7) is -0.310. The van der Waals surface area contributed by atoms with Gasteiger partial charge in [-0.3, -0.25) is 9.59 Å². The van der Waals surface area contributed by atoms with Crippen LogP contribution >= 0.6 is 0 Å². The van der Waals surface area contributed by atoms with Gasteiger partial charge in [0.2, 0.25) is 5.91 Å². The molecule has 1 saturated carbocycles. The second kappa shape index (κ2) is 4.77. The molecule has 6 nitrogen and oxygen atoms in total. The number of carbonyl (C=O) groups is 3. The third-order valence-electron chi connectivity index (χ3n) is 2.54. The predicted octanol–water partition coefficient (Wildman–Crippen LogP) is -0.673. The Labute approximate surface area is 87.0 Å². The number of rotatable bonds is 3. The molecule has 1 fully saturated rings. The minimum atomic E-state index is -1.54. The summed E-state index contributed by atoms with van der Waals surface area (Å²) < 4.78 is 0. The molecule has 1 aliphatic rings. The standard InChI is InChI=1S/C9H14N2O4/c10-7(12)5-11(8(13)9(14)15)6-3-1-2-4-6/h6H,1-5H2,(H2,10,12)(H,14,15). The van der Waals surface area contributed by atoms with Crippen molar-refractivity contribution >= 4 is 17.8 Å². The highest BCUT2D eigenvalue weighted by Gasteiger charge is 2.31. The third-order valence-corrected chi connectivity index (χ3v) is 2.54. The molecule has 0 spiro atoms. The molecule has 0 atom stereocenters. The first kappa shape index (κ1) is 11.5. The molecule has 1 rings (SSSR count). The molecule has 2 amide bonds. The quantitative estimate of drug-likeness (QED) is 0.608. The maximum atomic E-state index is 11.3. The molecule has 0 aliphatic heterocycles. The van der Waals surface area contributed by atoms with Gasteiger partial charge in [-0.25, -0.2) is 4.79 Å². The van der Waals surface area contributed by atoms with Gasteiger partial charge in [-0.15, -0.1) is 0 Å². The van der Waals surface area contributed by atoms with Gasteiger partial charge < -0.3 is 15.7 Å². The van der Waals surface area contributed by atoms with Crippen LogP contribution in [0.15, 0.2) is 0 Å². The number of nitrogens with zero attached hydrogens (tertiary/aromatic N) is 1. The van der Waals surface area contributed by atoms with Gasteiger partial charge in [0, 0.05) is 6.04 Å². The average Bonchev–Trinajstić information content (AvgIpc) is 2.65. The Bertz CT molecular complexity index is 284. The number of carbonyl (C=O) groups excluding carboxylic acids is 2. The van der Waals surface area contributed by atoms with Crippen molar-refractivity contribution in [2.45, 2.75) is 31.7 Å². The van der Waals surface area contributed by atoms with Crippen LogP contribution in [0.1, 0.15) is 25.7 Å². The number of carboxylic acids is 1. The normalized spacial score (nSPS) is 16.3. The Balaban J connectivity index is 2.71. The highest BCUT2D eigenvalue weighted by molar-refractivity contribution is 6.31. The maximum absolute atomic E-state index is 11.3. The zero-order valence-corrected chi connectivity index (χ0v) is 8.31. The van der Waals surface area contributed by atoms with Crippen LogP contribution in [0.3, 0.4) is 0 Å². The van der Waals surface area contributed by atoms with Crippen LogP contribution < -0.4 is 5.73 Å². The lowest BCUT2D eigenvalue weighted by atomic mass is 10.2. The van der Waals surface area contributed by atoms with Gasteiger partial charge in [-0.2, -0.15) is 0 Å². The molecule has 0 bridgehead atoms. The Hall–Kier alpha value is -1.59. The van der Waals surface area contributed by atoms with Crippen LogP contribution in [0.5, 0.6) is 0 Å². The Morgan fingerprint density at radius 3 is 2.20 bits per heavy atom. The Kier molecular flexibility index (Phi) is 3.65. The van der Waals surface area contributed by atoms with Crippen LogP contribution in [0, 0.1) is 0 Å². The largest absolute Gasteiger partial charge is 0.474 e. The summed E-state index contributed by atoms with van der Waals surface area (Å²) in [7, 11) is 0. The third kappa shape index (κ3) is 2.93. The zero-order valence-electron chi connectivity index (χ0n) is 8.31. The fourth-order valence-electron chi connectivity index (χ4n) is 1.87. The van der Waals surface area contributed by atoms with Crippen molar-refractivity contribution < 1.29 is 19.5 Å². The number of hydrogen-bond donors (Lipinski definition) is 2. The van der Waals surface area contributed by atoms with E-state index in [0.717, 1.165) is 30.6 Å². The van der Waals surface area contributed by atoms with Crippen molar-refractivity contribution in [1.29, 1.82) is 0 Å². The topological polar surface area (TPSA) is 101 Å². The van der Waals surface area contributed by atoms with Crippen LogP contribution in [0.4, 0.5) is 0 Å². The van der Waals surface area contributed by atoms with Crippen LogP contribution in [-0.2, 0) is 14.4 Å². The second-order valence-electron chi connectivity index (χ2n) is 3.64. The molecule has 0 aromatic carbocycles. The predicted molar refractivity (Wildman–Crippen MR) is 50.8 cm³/mol.